The number of carbonyl (C=O) groups is 1. The van der Waals surface area contributed by atoms with E-state index in [1.54, 1.807) is 6.08 Å². The predicted octanol–water partition coefficient (Wildman–Crippen LogP) is 3.74. The smallest absolute Gasteiger partial charge is 0.363 e. The maximum atomic E-state index is 12.1. The van der Waals surface area contributed by atoms with Gasteiger partial charge in [0.2, 0.25) is 5.90 Å². The van der Waals surface area contributed by atoms with E-state index in [-0.39, 0.29) is 5.70 Å². The molecule has 0 fully saturated rings. The van der Waals surface area contributed by atoms with Gasteiger partial charge in [0.1, 0.15) is 5.75 Å². The van der Waals surface area contributed by atoms with Crippen LogP contribution in [0.5, 0.6) is 5.75 Å². The van der Waals surface area contributed by atoms with Gasteiger partial charge in [0.25, 0.3) is 0 Å². The van der Waals surface area contributed by atoms with Gasteiger partial charge in [-0.3, -0.25) is 0 Å². The zero-order valence-electron chi connectivity index (χ0n) is 13.1. The van der Waals surface area contributed by atoms with E-state index in [2.05, 4.69) is 4.99 Å². The number of hydrogen-bond donors (Lipinski definition) is 0. The third-order valence-corrected chi connectivity index (χ3v) is 3.40. The molecule has 2 aromatic carbocycles. The monoisotopic (exact) mass is 307 g/mol. The maximum absolute atomic E-state index is 12.1. The number of para-hydroxylation sites is 1. The van der Waals surface area contributed by atoms with E-state index in [9.17, 15) is 4.79 Å². The lowest BCUT2D eigenvalue weighted by molar-refractivity contribution is -0.129. The van der Waals surface area contributed by atoms with Crippen LogP contribution in [0.3, 0.4) is 0 Å². The Morgan fingerprint density at radius 3 is 2.78 bits per heavy atom. The molecule has 0 radical (unpaired) electrons. The molecule has 0 amide bonds. The van der Waals surface area contributed by atoms with Gasteiger partial charge in [0.05, 0.1) is 6.61 Å². The number of benzene rings is 2. The Morgan fingerprint density at radius 1 is 1.17 bits per heavy atom. The Balaban J connectivity index is 1.95. The molecule has 1 aliphatic heterocycles. The molecule has 0 saturated heterocycles. The highest BCUT2D eigenvalue weighted by Crippen LogP contribution is 2.24. The summed E-state index contributed by atoms with van der Waals surface area (Å²) in [4.78, 5) is 16.4. The van der Waals surface area contributed by atoms with Crippen molar-refractivity contribution in [2.24, 2.45) is 4.99 Å². The minimum atomic E-state index is -0.451. The highest BCUT2D eigenvalue weighted by molar-refractivity contribution is 6.13. The number of aliphatic imine (C=N–C) groups is 1. The molecule has 4 heteroatoms. The van der Waals surface area contributed by atoms with Gasteiger partial charge in [-0.25, -0.2) is 9.79 Å². The first-order valence-electron chi connectivity index (χ1n) is 7.49. The molecule has 0 N–H and O–H groups in total. The number of hydrogen-bond acceptors (Lipinski definition) is 4. The highest BCUT2D eigenvalue weighted by Gasteiger charge is 2.24. The van der Waals surface area contributed by atoms with Crippen LogP contribution < -0.4 is 4.74 Å². The lowest BCUT2D eigenvalue weighted by Crippen LogP contribution is -2.05. The third-order valence-electron chi connectivity index (χ3n) is 3.40. The van der Waals surface area contributed by atoms with Gasteiger partial charge in [-0.05, 0) is 38.1 Å². The number of rotatable bonds is 4. The zero-order valence-corrected chi connectivity index (χ0v) is 13.1. The van der Waals surface area contributed by atoms with Crippen molar-refractivity contribution in [3.8, 4) is 5.75 Å². The Hall–Kier alpha value is -2.88. The molecule has 0 aliphatic carbocycles. The average Bonchev–Trinajstić information content (AvgIpc) is 2.91. The topological polar surface area (TPSA) is 47.9 Å². The fourth-order valence-electron chi connectivity index (χ4n) is 2.34. The summed E-state index contributed by atoms with van der Waals surface area (Å²) in [6.07, 6.45) is 1.69. The molecule has 23 heavy (non-hydrogen) atoms. The van der Waals surface area contributed by atoms with Gasteiger partial charge in [-0.15, -0.1) is 0 Å². The summed E-state index contributed by atoms with van der Waals surface area (Å²) in [7, 11) is 0. The molecule has 4 nitrogen and oxygen atoms in total. The molecule has 116 valence electrons. The Bertz CT molecular complexity index is 806. The van der Waals surface area contributed by atoms with Crippen LogP contribution in [-0.2, 0) is 9.53 Å². The summed E-state index contributed by atoms with van der Waals surface area (Å²) >= 11 is 0. The molecule has 3 rings (SSSR count). The van der Waals surface area contributed by atoms with Crippen molar-refractivity contribution in [2.75, 3.05) is 6.61 Å². The van der Waals surface area contributed by atoms with E-state index < -0.39 is 5.97 Å². The van der Waals surface area contributed by atoms with Crippen molar-refractivity contribution in [1.82, 2.24) is 0 Å². The molecule has 2 aromatic rings. The fraction of sp³-hybridized carbons (Fsp3) is 0.158. The molecule has 0 spiro atoms. The van der Waals surface area contributed by atoms with Crippen molar-refractivity contribution in [1.29, 1.82) is 0 Å². The van der Waals surface area contributed by atoms with Crippen LogP contribution in [0.4, 0.5) is 0 Å². The SMILES string of the molecule is CCOc1ccccc1C=C1N=C(c2cccc(C)c2)OC1=O. The first kappa shape index (κ1) is 15.0. The molecule has 1 heterocycles. The molecule has 0 unspecified atom stereocenters. The van der Waals surface area contributed by atoms with E-state index in [0.29, 0.717) is 12.5 Å². The van der Waals surface area contributed by atoms with Crippen molar-refractivity contribution in [3.63, 3.8) is 0 Å². The Labute approximate surface area is 135 Å². The van der Waals surface area contributed by atoms with Crippen molar-refractivity contribution >= 4 is 17.9 Å². The molecule has 0 bridgehead atoms. The van der Waals surface area contributed by atoms with E-state index in [1.165, 1.54) is 0 Å². The van der Waals surface area contributed by atoms with Gasteiger partial charge < -0.3 is 9.47 Å². The fourth-order valence-corrected chi connectivity index (χ4v) is 2.34. The summed E-state index contributed by atoms with van der Waals surface area (Å²) in [5.74, 6) is 0.598. The summed E-state index contributed by atoms with van der Waals surface area (Å²) in [5, 5.41) is 0. The van der Waals surface area contributed by atoms with E-state index in [4.69, 9.17) is 9.47 Å². The van der Waals surface area contributed by atoms with Crippen LogP contribution in [0.15, 0.2) is 59.2 Å². The van der Waals surface area contributed by atoms with Crippen molar-refractivity contribution in [2.45, 2.75) is 13.8 Å². The largest absolute Gasteiger partial charge is 0.493 e. The quantitative estimate of drug-likeness (QED) is 0.638. The van der Waals surface area contributed by atoms with Crippen LogP contribution >= 0.6 is 0 Å². The van der Waals surface area contributed by atoms with Crippen LogP contribution in [0.2, 0.25) is 0 Å². The summed E-state index contributed by atoms with van der Waals surface area (Å²) in [5.41, 5.74) is 2.95. The number of carbonyl (C=O) groups excluding carboxylic acids is 1. The average molecular weight is 307 g/mol. The molecule has 0 saturated carbocycles. The van der Waals surface area contributed by atoms with Crippen LogP contribution in [-0.4, -0.2) is 18.5 Å². The number of ether oxygens (including phenoxy) is 2. The lowest BCUT2D eigenvalue weighted by Gasteiger charge is -2.06. The number of aryl methyl sites for hydroxylation is 1. The minimum absolute atomic E-state index is 0.272. The van der Waals surface area contributed by atoms with Crippen molar-refractivity contribution in [3.05, 3.63) is 70.9 Å². The van der Waals surface area contributed by atoms with E-state index >= 15 is 0 Å². The van der Waals surface area contributed by atoms with Gasteiger partial charge >= 0.3 is 5.97 Å². The second-order valence-electron chi connectivity index (χ2n) is 5.18. The maximum Gasteiger partial charge on any atom is 0.363 e. The van der Waals surface area contributed by atoms with Crippen LogP contribution in [0.1, 0.15) is 23.6 Å². The van der Waals surface area contributed by atoms with Crippen LogP contribution in [0.25, 0.3) is 6.08 Å². The molecular formula is C19H17NO3. The van der Waals surface area contributed by atoms with Crippen LogP contribution in [0, 0.1) is 6.92 Å². The summed E-state index contributed by atoms with van der Waals surface area (Å²) in [6.45, 7) is 4.46. The number of esters is 1. The normalized spacial score (nSPS) is 15.5. The van der Waals surface area contributed by atoms with E-state index in [1.807, 2.05) is 62.4 Å². The molecule has 0 atom stereocenters. The molecule has 1 aliphatic rings. The summed E-state index contributed by atoms with van der Waals surface area (Å²) in [6, 6.07) is 15.2. The van der Waals surface area contributed by atoms with Gasteiger partial charge in [0.15, 0.2) is 5.70 Å². The summed E-state index contributed by atoms with van der Waals surface area (Å²) < 4.78 is 10.9. The minimum Gasteiger partial charge on any atom is -0.493 e. The first-order chi connectivity index (χ1) is 11.2. The van der Waals surface area contributed by atoms with Gasteiger partial charge in [-0.1, -0.05) is 35.9 Å². The predicted molar refractivity (Wildman–Crippen MR) is 89.4 cm³/mol. The lowest BCUT2D eigenvalue weighted by atomic mass is 10.1. The second-order valence-corrected chi connectivity index (χ2v) is 5.18. The van der Waals surface area contributed by atoms with Gasteiger partial charge in [-0.2, -0.15) is 0 Å². The first-order valence-corrected chi connectivity index (χ1v) is 7.49. The number of cyclic esters (lactones) is 1. The second kappa shape index (κ2) is 6.48. The van der Waals surface area contributed by atoms with Crippen molar-refractivity contribution < 1.29 is 14.3 Å². The standard InChI is InChI=1S/C19H17NO3/c1-3-22-17-10-5-4-8-14(17)12-16-19(21)23-18(20-16)15-9-6-7-13(2)11-15/h4-12H,3H2,1-2H3. The Morgan fingerprint density at radius 2 is 2.00 bits per heavy atom. The third kappa shape index (κ3) is 3.31. The highest BCUT2D eigenvalue weighted by atomic mass is 16.6. The van der Waals surface area contributed by atoms with Gasteiger partial charge in [0, 0.05) is 11.1 Å². The number of nitrogens with zero attached hydrogens (tertiary/aromatic N) is 1. The zero-order chi connectivity index (χ0) is 16.2. The molecule has 0 aromatic heterocycles. The Kier molecular flexibility index (Phi) is 4.24. The molecular weight excluding hydrogens is 290 g/mol. The van der Waals surface area contributed by atoms with E-state index in [0.717, 1.165) is 22.4 Å².